The molecule has 0 aliphatic heterocycles. The number of benzene rings is 1. The lowest BCUT2D eigenvalue weighted by molar-refractivity contribution is -0.140. The standard InChI is InChI=1S/C12H14O2/c1-3-10(9-12(13)14-2)11-7-5-4-6-8-11/h3-8,10H,1,9H2,2H3/t10-/m1/s1. The van der Waals surface area contributed by atoms with Gasteiger partial charge in [0.15, 0.2) is 0 Å². The predicted octanol–water partition coefficient (Wildman–Crippen LogP) is 2.52. The first-order chi connectivity index (χ1) is 6.77. The molecule has 0 amide bonds. The van der Waals surface area contributed by atoms with Crippen molar-refractivity contribution in [3.05, 3.63) is 48.6 Å². The molecule has 0 spiro atoms. The topological polar surface area (TPSA) is 26.3 Å². The van der Waals surface area contributed by atoms with Gasteiger partial charge in [0.1, 0.15) is 0 Å². The Bertz CT molecular complexity index is 303. The summed E-state index contributed by atoms with van der Waals surface area (Å²) in [5, 5.41) is 0. The zero-order valence-corrected chi connectivity index (χ0v) is 8.27. The van der Waals surface area contributed by atoms with Crippen LogP contribution in [0.4, 0.5) is 0 Å². The van der Waals surface area contributed by atoms with Crippen LogP contribution in [0.15, 0.2) is 43.0 Å². The second kappa shape index (κ2) is 5.22. The number of carbonyl (C=O) groups is 1. The second-order valence-corrected chi connectivity index (χ2v) is 3.03. The van der Waals surface area contributed by atoms with Crippen LogP contribution in [0.1, 0.15) is 17.9 Å². The molecule has 0 saturated carbocycles. The molecule has 0 radical (unpaired) electrons. The molecule has 0 aromatic heterocycles. The van der Waals surface area contributed by atoms with E-state index in [0.29, 0.717) is 6.42 Å². The molecule has 0 heterocycles. The number of rotatable bonds is 4. The minimum atomic E-state index is -0.209. The summed E-state index contributed by atoms with van der Waals surface area (Å²) in [6.45, 7) is 3.72. The van der Waals surface area contributed by atoms with Gasteiger partial charge < -0.3 is 4.74 Å². The van der Waals surface area contributed by atoms with Crippen molar-refractivity contribution in [2.45, 2.75) is 12.3 Å². The first-order valence-electron chi connectivity index (χ1n) is 4.52. The van der Waals surface area contributed by atoms with Crippen LogP contribution in [0.3, 0.4) is 0 Å². The maximum Gasteiger partial charge on any atom is 0.306 e. The quantitative estimate of drug-likeness (QED) is 0.538. The number of methoxy groups -OCH3 is 1. The molecule has 0 fully saturated rings. The van der Waals surface area contributed by atoms with Gasteiger partial charge in [0.25, 0.3) is 0 Å². The Balaban J connectivity index is 2.73. The van der Waals surface area contributed by atoms with E-state index in [9.17, 15) is 4.79 Å². The van der Waals surface area contributed by atoms with Gasteiger partial charge in [-0.15, -0.1) is 6.58 Å². The maximum absolute atomic E-state index is 11.1. The molecule has 1 aromatic carbocycles. The highest BCUT2D eigenvalue weighted by Gasteiger charge is 2.12. The number of ether oxygens (including phenoxy) is 1. The summed E-state index contributed by atoms with van der Waals surface area (Å²) in [5.41, 5.74) is 1.09. The second-order valence-electron chi connectivity index (χ2n) is 3.03. The van der Waals surface area contributed by atoms with Crippen molar-refractivity contribution in [2.24, 2.45) is 0 Å². The Morgan fingerprint density at radius 3 is 2.64 bits per heavy atom. The minimum Gasteiger partial charge on any atom is -0.469 e. The number of carbonyl (C=O) groups excluding carboxylic acids is 1. The third kappa shape index (κ3) is 2.73. The Morgan fingerprint density at radius 2 is 2.14 bits per heavy atom. The van der Waals surface area contributed by atoms with E-state index in [1.807, 2.05) is 30.3 Å². The van der Waals surface area contributed by atoms with Crippen molar-refractivity contribution in [3.8, 4) is 0 Å². The molecular formula is C12H14O2. The molecule has 2 nitrogen and oxygen atoms in total. The van der Waals surface area contributed by atoms with Crippen molar-refractivity contribution in [2.75, 3.05) is 7.11 Å². The summed E-state index contributed by atoms with van der Waals surface area (Å²) in [5.74, 6) is -0.164. The summed E-state index contributed by atoms with van der Waals surface area (Å²) in [6.07, 6.45) is 2.12. The van der Waals surface area contributed by atoms with Gasteiger partial charge in [-0.25, -0.2) is 0 Å². The largest absolute Gasteiger partial charge is 0.469 e. The lowest BCUT2D eigenvalue weighted by Crippen LogP contribution is -2.06. The molecule has 0 aliphatic rings. The van der Waals surface area contributed by atoms with Gasteiger partial charge >= 0.3 is 5.97 Å². The molecule has 0 bridgehead atoms. The summed E-state index contributed by atoms with van der Waals surface area (Å²) in [4.78, 5) is 11.1. The highest BCUT2D eigenvalue weighted by Crippen LogP contribution is 2.20. The Labute approximate surface area is 84.2 Å². The van der Waals surface area contributed by atoms with Gasteiger partial charge in [0, 0.05) is 5.92 Å². The number of hydrogen-bond donors (Lipinski definition) is 0. The Morgan fingerprint density at radius 1 is 1.50 bits per heavy atom. The van der Waals surface area contributed by atoms with Crippen LogP contribution in [-0.2, 0) is 9.53 Å². The average Bonchev–Trinajstić information content (AvgIpc) is 2.26. The highest BCUT2D eigenvalue weighted by atomic mass is 16.5. The third-order valence-electron chi connectivity index (χ3n) is 2.13. The van der Waals surface area contributed by atoms with Crippen LogP contribution in [-0.4, -0.2) is 13.1 Å². The fraction of sp³-hybridized carbons (Fsp3) is 0.250. The lowest BCUT2D eigenvalue weighted by Gasteiger charge is -2.10. The Hall–Kier alpha value is -1.57. The molecule has 0 aliphatic carbocycles. The van der Waals surface area contributed by atoms with E-state index in [4.69, 9.17) is 0 Å². The van der Waals surface area contributed by atoms with Crippen molar-refractivity contribution in [1.29, 1.82) is 0 Å². The van der Waals surface area contributed by atoms with E-state index in [-0.39, 0.29) is 11.9 Å². The average molecular weight is 190 g/mol. The van der Waals surface area contributed by atoms with Crippen LogP contribution < -0.4 is 0 Å². The SMILES string of the molecule is C=C[C@H](CC(=O)OC)c1ccccc1. The van der Waals surface area contributed by atoms with Crippen LogP contribution in [0.5, 0.6) is 0 Å². The zero-order valence-electron chi connectivity index (χ0n) is 8.27. The highest BCUT2D eigenvalue weighted by molar-refractivity contribution is 5.70. The zero-order chi connectivity index (χ0) is 10.4. The fourth-order valence-corrected chi connectivity index (χ4v) is 1.30. The van der Waals surface area contributed by atoms with Crippen molar-refractivity contribution in [1.82, 2.24) is 0 Å². The van der Waals surface area contributed by atoms with Gasteiger partial charge in [-0.1, -0.05) is 36.4 Å². The van der Waals surface area contributed by atoms with Gasteiger partial charge in [-0.3, -0.25) is 4.79 Å². The molecule has 0 unspecified atom stereocenters. The molecule has 2 heteroatoms. The number of allylic oxidation sites excluding steroid dienone is 1. The molecule has 14 heavy (non-hydrogen) atoms. The minimum absolute atomic E-state index is 0.0450. The van der Waals surface area contributed by atoms with Gasteiger partial charge in [-0.05, 0) is 5.56 Å². The first kappa shape index (κ1) is 10.5. The van der Waals surface area contributed by atoms with Gasteiger partial charge in [-0.2, -0.15) is 0 Å². The van der Waals surface area contributed by atoms with E-state index < -0.39 is 0 Å². The van der Waals surface area contributed by atoms with Gasteiger partial charge in [0.2, 0.25) is 0 Å². The summed E-state index contributed by atoms with van der Waals surface area (Å²) in [6, 6.07) is 9.80. The van der Waals surface area contributed by atoms with Crippen LogP contribution in [0, 0.1) is 0 Å². The molecule has 74 valence electrons. The van der Waals surface area contributed by atoms with Crippen LogP contribution in [0.25, 0.3) is 0 Å². The van der Waals surface area contributed by atoms with Crippen molar-refractivity contribution >= 4 is 5.97 Å². The molecule has 0 N–H and O–H groups in total. The lowest BCUT2D eigenvalue weighted by atomic mass is 9.96. The molecule has 1 aromatic rings. The van der Waals surface area contributed by atoms with E-state index in [1.54, 1.807) is 6.08 Å². The van der Waals surface area contributed by atoms with Gasteiger partial charge in [0.05, 0.1) is 13.5 Å². The van der Waals surface area contributed by atoms with Crippen molar-refractivity contribution in [3.63, 3.8) is 0 Å². The van der Waals surface area contributed by atoms with Crippen LogP contribution in [0.2, 0.25) is 0 Å². The summed E-state index contributed by atoms with van der Waals surface area (Å²) in [7, 11) is 1.40. The van der Waals surface area contributed by atoms with E-state index >= 15 is 0 Å². The molecule has 0 saturated heterocycles. The third-order valence-corrected chi connectivity index (χ3v) is 2.13. The number of hydrogen-bond acceptors (Lipinski definition) is 2. The maximum atomic E-state index is 11.1. The van der Waals surface area contributed by atoms with Crippen molar-refractivity contribution < 1.29 is 9.53 Å². The first-order valence-corrected chi connectivity index (χ1v) is 4.52. The normalized spacial score (nSPS) is 11.8. The monoisotopic (exact) mass is 190 g/mol. The van der Waals surface area contributed by atoms with Crippen LogP contribution >= 0.6 is 0 Å². The Kier molecular flexibility index (Phi) is 3.92. The molecule has 1 rings (SSSR count). The number of esters is 1. The van der Waals surface area contributed by atoms with E-state index in [0.717, 1.165) is 5.56 Å². The van der Waals surface area contributed by atoms with E-state index in [2.05, 4.69) is 11.3 Å². The summed E-state index contributed by atoms with van der Waals surface area (Å²) < 4.78 is 4.62. The smallest absolute Gasteiger partial charge is 0.306 e. The summed E-state index contributed by atoms with van der Waals surface area (Å²) >= 11 is 0. The van der Waals surface area contributed by atoms with E-state index in [1.165, 1.54) is 7.11 Å². The molecule has 1 atom stereocenters. The fourth-order valence-electron chi connectivity index (χ4n) is 1.30. The predicted molar refractivity (Wildman–Crippen MR) is 56.0 cm³/mol. The molecular weight excluding hydrogens is 176 g/mol.